The third-order valence-electron chi connectivity index (χ3n) is 10.7. The van der Waals surface area contributed by atoms with E-state index in [4.69, 9.17) is 28.4 Å². The van der Waals surface area contributed by atoms with Gasteiger partial charge in [0.1, 0.15) is 38.6 Å². The van der Waals surface area contributed by atoms with Crippen molar-refractivity contribution in [2.24, 2.45) is 0 Å². The molecule has 0 rings (SSSR count). The number of hydrogen-bond donors (Lipinski definition) is 1. The number of rotatable bonds is 47. The Morgan fingerprint density at radius 2 is 0.656 bits per heavy atom. The highest BCUT2D eigenvalue weighted by Crippen LogP contribution is 2.12. The summed E-state index contributed by atoms with van der Waals surface area (Å²) in [6, 6.07) is 0. The van der Waals surface area contributed by atoms with Crippen molar-refractivity contribution in [2.45, 2.75) is 226 Å². The number of carbonyl (C=O) groups is 4. The van der Waals surface area contributed by atoms with Crippen LogP contribution in [0.25, 0.3) is 0 Å². The van der Waals surface area contributed by atoms with E-state index in [-0.39, 0.29) is 56.9 Å². The lowest BCUT2D eigenvalue weighted by atomic mass is 10.1. The first-order valence-corrected chi connectivity index (χ1v) is 25.0. The Labute approximate surface area is 372 Å². The molecule has 0 aromatic carbocycles. The monoisotopic (exact) mass is 872 g/mol. The van der Waals surface area contributed by atoms with Crippen LogP contribution in [0.3, 0.4) is 0 Å². The predicted octanol–water partition coefficient (Wildman–Crippen LogP) is 10.6. The maximum atomic E-state index is 12.5. The van der Waals surface area contributed by atoms with Crippen molar-refractivity contribution in [1.82, 2.24) is 4.90 Å². The van der Waals surface area contributed by atoms with Crippen LogP contribution in [0.2, 0.25) is 0 Å². The molecule has 12 heteroatoms. The molecule has 12 nitrogen and oxygen atoms in total. The molecule has 0 unspecified atom stereocenters. The van der Waals surface area contributed by atoms with Gasteiger partial charge in [-0.05, 0) is 64.3 Å². The molecule has 0 aliphatic heterocycles. The maximum Gasteiger partial charge on any atom is 0.305 e. The second-order valence-corrected chi connectivity index (χ2v) is 16.7. The Balaban J connectivity index is 5.18. The van der Waals surface area contributed by atoms with Gasteiger partial charge in [-0.1, -0.05) is 130 Å². The Bertz CT molecular complexity index is 881. The predicted molar refractivity (Wildman–Crippen MR) is 243 cm³/mol. The average molecular weight is 872 g/mol. The van der Waals surface area contributed by atoms with Gasteiger partial charge in [0.2, 0.25) is 0 Å². The molecule has 0 aliphatic carbocycles. The molecular weight excluding hydrogens is 779 g/mol. The van der Waals surface area contributed by atoms with Crippen LogP contribution in [0.1, 0.15) is 214 Å². The molecule has 0 bridgehead atoms. The first kappa shape index (κ1) is 58.7. The van der Waals surface area contributed by atoms with Crippen LogP contribution in [-0.4, -0.2) is 112 Å². The third kappa shape index (κ3) is 41.5. The molecule has 0 saturated carbocycles. The van der Waals surface area contributed by atoms with E-state index in [0.29, 0.717) is 38.9 Å². The summed E-state index contributed by atoms with van der Waals surface area (Å²) >= 11 is 0. The van der Waals surface area contributed by atoms with Crippen molar-refractivity contribution in [2.75, 3.05) is 65.9 Å². The third-order valence-corrected chi connectivity index (χ3v) is 10.7. The lowest BCUT2D eigenvalue weighted by molar-refractivity contribution is -0.156. The van der Waals surface area contributed by atoms with E-state index in [1.165, 1.54) is 25.7 Å². The average Bonchev–Trinajstić information content (AvgIpc) is 3.25. The molecule has 0 spiro atoms. The van der Waals surface area contributed by atoms with Crippen molar-refractivity contribution < 1.29 is 52.7 Å². The largest absolute Gasteiger partial charge is 0.463 e. The number of esters is 4. The van der Waals surface area contributed by atoms with Crippen LogP contribution in [0.15, 0.2) is 0 Å². The van der Waals surface area contributed by atoms with E-state index in [0.717, 1.165) is 154 Å². The molecule has 0 heterocycles. The fraction of sp³-hybridized carbons (Fsp3) is 0.918. The zero-order chi connectivity index (χ0) is 44.9. The van der Waals surface area contributed by atoms with Gasteiger partial charge in [0.05, 0.1) is 0 Å². The summed E-state index contributed by atoms with van der Waals surface area (Å²) in [6.45, 7) is 12.2. The molecule has 360 valence electrons. The van der Waals surface area contributed by atoms with Crippen LogP contribution in [0, 0.1) is 0 Å². The molecule has 0 aromatic heterocycles. The van der Waals surface area contributed by atoms with E-state index in [1.807, 2.05) is 0 Å². The van der Waals surface area contributed by atoms with Crippen molar-refractivity contribution in [3.8, 4) is 0 Å². The molecule has 0 fully saturated rings. The van der Waals surface area contributed by atoms with Crippen LogP contribution in [-0.2, 0) is 47.6 Å². The normalized spacial score (nSPS) is 11.5. The van der Waals surface area contributed by atoms with Gasteiger partial charge in [-0.2, -0.15) is 0 Å². The number of ether oxygens (including phenoxy) is 6. The summed E-state index contributed by atoms with van der Waals surface area (Å²) in [5, 5.41) is 9.32. The van der Waals surface area contributed by atoms with Gasteiger partial charge in [-0.3, -0.25) is 19.2 Å². The van der Waals surface area contributed by atoms with Crippen LogP contribution in [0.4, 0.5) is 0 Å². The van der Waals surface area contributed by atoms with Crippen LogP contribution >= 0.6 is 0 Å². The van der Waals surface area contributed by atoms with Crippen LogP contribution < -0.4 is 0 Å². The summed E-state index contributed by atoms with van der Waals surface area (Å²) in [5.41, 5.74) is 0. The number of nitrogens with zero attached hydrogens (tertiary/aromatic N) is 1. The molecule has 61 heavy (non-hydrogen) atoms. The fourth-order valence-corrected chi connectivity index (χ4v) is 6.85. The smallest absolute Gasteiger partial charge is 0.305 e. The lowest BCUT2D eigenvalue weighted by Crippen LogP contribution is -2.32. The second-order valence-electron chi connectivity index (χ2n) is 16.7. The van der Waals surface area contributed by atoms with Gasteiger partial charge in [0, 0.05) is 58.6 Å². The summed E-state index contributed by atoms with van der Waals surface area (Å²) < 4.78 is 34.6. The van der Waals surface area contributed by atoms with E-state index in [2.05, 4.69) is 32.6 Å². The van der Waals surface area contributed by atoms with Crippen molar-refractivity contribution in [1.29, 1.82) is 0 Å². The molecule has 0 amide bonds. The first-order valence-electron chi connectivity index (χ1n) is 25.0. The van der Waals surface area contributed by atoms with Gasteiger partial charge < -0.3 is 38.4 Å². The lowest BCUT2D eigenvalue weighted by Gasteiger charge is -2.24. The highest BCUT2D eigenvalue weighted by molar-refractivity contribution is 5.70. The number of carbonyl (C=O) groups excluding carboxylic acids is 4. The van der Waals surface area contributed by atoms with E-state index < -0.39 is 12.2 Å². The van der Waals surface area contributed by atoms with Gasteiger partial charge in [0.15, 0.2) is 0 Å². The zero-order valence-corrected chi connectivity index (χ0v) is 39.7. The van der Waals surface area contributed by atoms with E-state index in [9.17, 15) is 24.3 Å². The van der Waals surface area contributed by atoms with Gasteiger partial charge in [-0.25, -0.2) is 0 Å². The quantitative estimate of drug-likeness (QED) is 0.0353. The SMILES string of the molecule is CCCCCCCC(=O)OCC(COC(=O)CCCCCCC)OCCCN(CCCCCO)CCCOC(COC(=O)CCCCCCC)COC(=O)CCCCCCC. The number of aliphatic hydroxyl groups excluding tert-OH is 1. The molecule has 0 aromatic rings. The van der Waals surface area contributed by atoms with Crippen LogP contribution in [0.5, 0.6) is 0 Å². The number of aliphatic hydroxyl groups is 1. The van der Waals surface area contributed by atoms with Crippen molar-refractivity contribution >= 4 is 23.9 Å². The van der Waals surface area contributed by atoms with Gasteiger partial charge in [-0.15, -0.1) is 0 Å². The van der Waals surface area contributed by atoms with Crippen molar-refractivity contribution in [3.63, 3.8) is 0 Å². The molecule has 0 atom stereocenters. The number of unbranched alkanes of at least 4 members (excludes halogenated alkanes) is 18. The molecule has 0 aliphatic rings. The van der Waals surface area contributed by atoms with Gasteiger partial charge >= 0.3 is 23.9 Å². The van der Waals surface area contributed by atoms with E-state index in [1.54, 1.807) is 0 Å². The second kappa shape index (κ2) is 45.7. The Morgan fingerprint density at radius 3 is 0.951 bits per heavy atom. The number of hydrogen-bond acceptors (Lipinski definition) is 12. The minimum atomic E-state index is -0.540. The van der Waals surface area contributed by atoms with Gasteiger partial charge in [0.25, 0.3) is 0 Å². The molecular formula is C49H93NO11. The summed E-state index contributed by atoms with van der Waals surface area (Å²) in [6.07, 6.45) is 25.4. The Kier molecular flexibility index (Phi) is 44.0. The maximum absolute atomic E-state index is 12.5. The minimum Gasteiger partial charge on any atom is -0.463 e. The Morgan fingerprint density at radius 1 is 0.377 bits per heavy atom. The molecule has 0 radical (unpaired) electrons. The Hall–Kier alpha value is -2.28. The summed E-state index contributed by atoms with van der Waals surface area (Å²) in [4.78, 5) is 52.3. The van der Waals surface area contributed by atoms with Crippen molar-refractivity contribution in [3.05, 3.63) is 0 Å². The highest BCUT2D eigenvalue weighted by atomic mass is 16.6. The zero-order valence-electron chi connectivity index (χ0n) is 39.7. The summed E-state index contributed by atoms with van der Waals surface area (Å²) in [7, 11) is 0. The standard InChI is InChI=1S/C49H93NO11/c1-5-9-13-17-22-30-46(52)58-40-44(41-59-47(53)31-23-18-14-10-6-2)56-38-28-35-50(34-26-21-27-37-51)36-29-39-57-45(42-60-48(54)32-24-19-15-11-7-3)43-61-49(55)33-25-20-16-12-8-4/h44-45,51H,5-43H2,1-4H3. The molecule has 1 N–H and O–H groups in total. The minimum absolute atomic E-state index is 0.0451. The fourth-order valence-electron chi connectivity index (χ4n) is 6.85. The van der Waals surface area contributed by atoms with E-state index >= 15 is 0 Å². The summed E-state index contributed by atoms with van der Waals surface area (Å²) in [5.74, 6) is -1.01. The topological polar surface area (TPSA) is 147 Å². The highest BCUT2D eigenvalue weighted by Gasteiger charge is 2.18. The first-order chi connectivity index (χ1) is 29.8. The molecule has 0 saturated heterocycles.